The summed E-state index contributed by atoms with van der Waals surface area (Å²) in [6.07, 6.45) is 7.00. The average molecular weight is 344 g/mol. The highest BCUT2D eigenvalue weighted by Gasteiger charge is 2.26. The van der Waals surface area contributed by atoms with Gasteiger partial charge < -0.3 is 15.4 Å². The first kappa shape index (κ1) is 20.2. The number of hydrogen-bond acceptors (Lipinski definition) is 4. The summed E-state index contributed by atoms with van der Waals surface area (Å²) in [7, 11) is 1.26. The summed E-state index contributed by atoms with van der Waals surface area (Å²) in [6.45, 7) is 1.34. The van der Waals surface area contributed by atoms with Crippen LogP contribution in [-0.4, -0.2) is 37.0 Å². The van der Waals surface area contributed by atoms with Crippen LogP contribution in [0.15, 0.2) is 30.3 Å². The summed E-state index contributed by atoms with van der Waals surface area (Å²) in [5.41, 5.74) is 0.901. The van der Waals surface area contributed by atoms with Crippen molar-refractivity contribution in [3.05, 3.63) is 35.9 Å². The molecule has 0 spiro atoms. The highest BCUT2D eigenvalue weighted by molar-refractivity contribution is 5.90. The summed E-state index contributed by atoms with van der Waals surface area (Å²) >= 11 is 0. The number of carbonyl (C=O) groups is 3. The SMILES string of the molecule is C#CCCC[C@H](NC(=O)[C@H](Cc1ccccc1)NC(C)=O)C(=O)OC. The molecule has 0 aliphatic carbocycles. The Labute approximate surface area is 148 Å². The molecule has 25 heavy (non-hydrogen) atoms. The van der Waals surface area contributed by atoms with E-state index in [9.17, 15) is 14.4 Å². The van der Waals surface area contributed by atoms with E-state index in [4.69, 9.17) is 11.2 Å². The van der Waals surface area contributed by atoms with Gasteiger partial charge >= 0.3 is 5.97 Å². The maximum Gasteiger partial charge on any atom is 0.328 e. The van der Waals surface area contributed by atoms with E-state index in [-0.39, 0.29) is 5.91 Å². The van der Waals surface area contributed by atoms with Crippen molar-refractivity contribution < 1.29 is 19.1 Å². The first-order valence-electron chi connectivity index (χ1n) is 8.10. The molecule has 0 aliphatic rings. The van der Waals surface area contributed by atoms with Crippen LogP contribution in [0.4, 0.5) is 0 Å². The van der Waals surface area contributed by atoms with Crippen molar-refractivity contribution in [1.82, 2.24) is 10.6 Å². The molecule has 2 amide bonds. The van der Waals surface area contributed by atoms with Crippen molar-refractivity contribution in [3.8, 4) is 12.3 Å². The standard InChI is InChI=1S/C19H24N2O4/c1-4-5-7-12-16(19(24)25-3)21-18(23)17(20-14(2)22)13-15-10-8-6-9-11-15/h1,6,8-11,16-17H,5,7,12-13H2,2-3H3,(H,20,22)(H,21,23)/t16-,17-/m0/s1. The van der Waals surface area contributed by atoms with E-state index in [1.807, 2.05) is 30.3 Å². The molecule has 0 saturated heterocycles. The van der Waals surface area contributed by atoms with E-state index < -0.39 is 24.0 Å². The number of esters is 1. The van der Waals surface area contributed by atoms with Crippen LogP contribution >= 0.6 is 0 Å². The second-order valence-corrected chi connectivity index (χ2v) is 5.62. The number of benzene rings is 1. The third kappa shape index (κ3) is 7.53. The molecule has 1 aromatic carbocycles. The number of rotatable bonds is 9. The van der Waals surface area contributed by atoms with Gasteiger partial charge in [0.25, 0.3) is 0 Å². The summed E-state index contributed by atoms with van der Waals surface area (Å²) in [4.78, 5) is 35.9. The quantitative estimate of drug-likeness (QED) is 0.400. The predicted octanol–water partition coefficient (Wildman–Crippen LogP) is 1.20. The fourth-order valence-electron chi connectivity index (χ4n) is 2.38. The van der Waals surface area contributed by atoms with Crippen LogP contribution in [0.2, 0.25) is 0 Å². The number of ether oxygens (including phenoxy) is 1. The van der Waals surface area contributed by atoms with Crippen molar-refractivity contribution in [2.45, 2.75) is 44.7 Å². The molecule has 1 aromatic rings. The molecule has 1 rings (SSSR count). The van der Waals surface area contributed by atoms with Gasteiger partial charge in [0.2, 0.25) is 11.8 Å². The molecule has 0 unspecified atom stereocenters. The van der Waals surface area contributed by atoms with Gasteiger partial charge in [-0.3, -0.25) is 9.59 Å². The number of methoxy groups -OCH3 is 1. The van der Waals surface area contributed by atoms with Gasteiger partial charge in [0.05, 0.1) is 7.11 Å². The third-order valence-corrected chi connectivity index (χ3v) is 3.59. The number of nitrogens with one attached hydrogen (secondary N) is 2. The van der Waals surface area contributed by atoms with Crippen LogP contribution in [0.1, 0.15) is 31.7 Å². The largest absolute Gasteiger partial charge is 0.467 e. The lowest BCUT2D eigenvalue weighted by Gasteiger charge is -2.22. The lowest BCUT2D eigenvalue weighted by Crippen LogP contribution is -2.52. The van der Waals surface area contributed by atoms with Crippen LogP contribution in [-0.2, 0) is 25.5 Å². The summed E-state index contributed by atoms with van der Waals surface area (Å²) in [5.74, 6) is 1.20. The zero-order valence-corrected chi connectivity index (χ0v) is 14.6. The van der Waals surface area contributed by atoms with Gasteiger partial charge in [-0.25, -0.2) is 4.79 Å². The molecule has 6 heteroatoms. The van der Waals surface area contributed by atoms with Gasteiger partial charge in [0, 0.05) is 19.8 Å². The second-order valence-electron chi connectivity index (χ2n) is 5.62. The van der Waals surface area contributed by atoms with Crippen molar-refractivity contribution >= 4 is 17.8 Å². The van der Waals surface area contributed by atoms with Crippen molar-refractivity contribution in [2.75, 3.05) is 7.11 Å². The van der Waals surface area contributed by atoms with E-state index in [1.54, 1.807) is 0 Å². The van der Waals surface area contributed by atoms with E-state index >= 15 is 0 Å². The van der Waals surface area contributed by atoms with Gasteiger partial charge in [-0.1, -0.05) is 30.3 Å². The molecular formula is C19H24N2O4. The first-order chi connectivity index (χ1) is 12.0. The molecule has 0 bridgehead atoms. The van der Waals surface area contributed by atoms with Gasteiger partial charge in [0.15, 0.2) is 0 Å². The summed E-state index contributed by atoms with van der Waals surface area (Å²) in [5, 5.41) is 5.28. The molecule has 0 aromatic heterocycles. The molecular weight excluding hydrogens is 320 g/mol. The van der Waals surface area contributed by atoms with Crippen LogP contribution in [0, 0.1) is 12.3 Å². The molecule has 0 radical (unpaired) electrons. The smallest absolute Gasteiger partial charge is 0.328 e. The number of amides is 2. The molecule has 0 fully saturated rings. The third-order valence-electron chi connectivity index (χ3n) is 3.59. The molecule has 2 N–H and O–H groups in total. The number of terminal acetylenes is 1. The Kier molecular flexibility index (Phi) is 8.80. The number of carbonyl (C=O) groups excluding carboxylic acids is 3. The normalized spacial score (nSPS) is 12.4. The number of unbranched alkanes of at least 4 members (excludes halogenated alkanes) is 1. The lowest BCUT2D eigenvalue weighted by atomic mass is 10.0. The van der Waals surface area contributed by atoms with E-state index in [1.165, 1.54) is 14.0 Å². The van der Waals surface area contributed by atoms with Crippen LogP contribution in [0.25, 0.3) is 0 Å². The Morgan fingerprint density at radius 1 is 1.16 bits per heavy atom. The average Bonchev–Trinajstić information content (AvgIpc) is 2.60. The van der Waals surface area contributed by atoms with Crippen molar-refractivity contribution in [1.29, 1.82) is 0 Å². The highest BCUT2D eigenvalue weighted by Crippen LogP contribution is 2.07. The van der Waals surface area contributed by atoms with Gasteiger partial charge in [0.1, 0.15) is 12.1 Å². The molecule has 134 valence electrons. The molecule has 0 aliphatic heterocycles. The minimum Gasteiger partial charge on any atom is -0.467 e. The van der Waals surface area contributed by atoms with Crippen LogP contribution < -0.4 is 10.6 Å². The second kappa shape index (κ2) is 10.9. The summed E-state index contributed by atoms with van der Waals surface area (Å²) < 4.78 is 4.73. The maximum absolute atomic E-state index is 12.6. The van der Waals surface area contributed by atoms with Gasteiger partial charge in [-0.05, 0) is 18.4 Å². The molecule has 0 heterocycles. The Bertz CT molecular complexity index is 622. The monoisotopic (exact) mass is 344 g/mol. The summed E-state index contributed by atoms with van der Waals surface area (Å²) in [6, 6.07) is 7.75. The highest BCUT2D eigenvalue weighted by atomic mass is 16.5. The predicted molar refractivity (Wildman–Crippen MR) is 94.4 cm³/mol. The minimum absolute atomic E-state index is 0.321. The Morgan fingerprint density at radius 3 is 2.40 bits per heavy atom. The van der Waals surface area contributed by atoms with Gasteiger partial charge in [-0.15, -0.1) is 12.3 Å². The Balaban J connectivity index is 2.81. The fourth-order valence-corrected chi connectivity index (χ4v) is 2.38. The van der Waals surface area contributed by atoms with E-state index in [0.717, 1.165) is 5.56 Å². The van der Waals surface area contributed by atoms with E-state index in [2.05, 4.69) is 16.6 Å². The van der Waals surface area contributed by atoms with Crippen LogP contribution in [0.5, 0.6) is 0 Å². The fraction of sp³-hybridized carbons (Fsp3) is 0.421. The van der Waals surface area contributed by atoms with Crippen LogP contribution in [0.3, 0.4) is 0 Å². The maximum atomic E-state index is 12.6. The first-order valence-corrected chi connectivity index (χ1v) is 8.10. The Hall–Kier alpha value is -2.81. The zero-order chi connectivity index (χ0) is 18.7. The minimum atomic E-state index is -0.794. The molecule has 0 saturated carbocycles. The number of hydrogen-bond donors (Lipinski definition) is 2. The van der Waals surface area contributed by atoms with E-state index in [0.29, 0.717) is 25.7 Å². The molecule has 2 atom stereocenters. The van der Waals surface area contributed by atoms with Crippen molar-refractivity contribution in [3.63, 3.8) is 0 Å². The Morgan fingerprint density at radius 2 is 1.84 bits per heavy atom. The zero-order valence-electron chi connectivity index (χ0n) is 14.6. The topological polar surface area (TPSA) is 84.5 Å². The lowest BCUT2D eigenvalue weighted by molar-refractivity contribution is -0.145. The van der Waals surface area contributed by atoms with Crippen molar-refractivity contribution in [2.24, 2.45) is 0 Å². The van der Waals surface area contributed by atoms with Gasteiger partial charge in [-0.2, -0.15) is 0 Å². The molecule has 6 nitrogen and oxygen atoms in total.